The van der Waals surface area contributed by atoms with Crippen LogP contribution in [0.15, 0.2) is 65.6 Å². The molecule has 120 valence electrons. The van der Waals surface area contributed by atoms with E-state index in [2.05, 4.69) is 26.8 Å². The predicted molar refractivity (Wildman–Crippen MR) is 95.3 cm³/mol. The second-order valence-corrected chi connectivity index (χ2v) is 6.32. The first-order valence-corrected chi connectivity index (χ1v) is 8.63. The molecule has 1 amide bonds. The van der Waals surface area contributed by atoms with Gasteiger partial charge in [-0.15, -0.1) is 0 Å². The minimum Gasteiger partial charge on any atom is -0.351 e. The standard InChI is InChI=1S/C18H16N4OS/c23-18(16-10-13-4-1-2-5-15(13)21-16)19-11-17(14-6-9-24-12-14)22-8-3-7-20-22/h1-10,12,17,21H,11H2,(H,19,23). The topological polar surface area (TPSA) is 62.7 Å². The van der Waals surface area contributed by atoms with Gasteiger partial charge in [-0.25, -0.2) is 0 Å². The molecule has 5 nitrogen and oxygen atoms in total. The first-order chi connectivity index (χ1) is 11.8. The first-order valence-electron chi connectivity index (χ1n) is 7.68. The molecule has 24 heavy (non-hydrogen) atoms. The van der Waals surface area contributed by atoms with Crippen molar-refractivity contribution >= 4 is 28.1 Å². The summed E-state index contributed by atoms with van der Waals surface area (Å²) in [6.07, 6.45) is 3.66. The zero-order chi connectivity index (χ0) is 16.4. The maximum atomic E-state index is 12.5. The number of H-pyrrole nitrogens is 1. The van der Waals surface area contributed by atoms with E-state index in [1.165, 1.54) is 0 Å². The summed E-state index contributed by atoms with van der Waals surface area (Å²) >= 11 is 1.64. The van der Waals surface area contributed by atoms with Gasteiger partial charge >= 0.3 is 0 Å². The van der Waals surface area contributed by atoms with Gasteiger partial charge in [0.05, 0.1) is 6.04 Å². The lowest BCUT2D eigenvalue weighted by Gasteiger charge is -2.17. The number of thiophene rings is 1. The molecule has 0 saturated carbocycles. The van der Waals surface area contributed by atoms with Crippen molar-refractivity contribution in [3.05, 3.63) is 76.9 Å². The molecule has 6 heteroatoms. The average molecular weight is 336 g/mol. The SMILES string of the molecule is O=C(NCC(c1ccsc1)n1cccn1)c1cc2ccccc2[nH]1. The number of rotatable bonds is 5. The minimum absolute atomic E-state index is 0.0143. The van der Waals surface area contributed by atoms with Crippen LogP contribution in [0.5, 0.6) is 0 Å². The lowest BCUT2D eigenvalue weighted by molar-refractivity contribution is 0.0945. The van der Waals surface area contributed by atoms with Crippen LogP contribution in [-0.4, -0.2) is 27.2 Å². The zero-order valence-electron chi connectivity index (χ0n) is 12.8. The third kappa shape index (κ3) is 2.83. The summed E-state index contributed by atoms with van der Waals surface area (Å²) in [5.41, 5.74) is 2.67. The van der Waals surface area contributed by atoms with E-state index >= 15 is 0 Å². The number of hydrogen-bond donors (Lipinski definition) is 2. The summed E-state index contributed by atoms with van der Waals surface area (Å²) in [6, 6.07) is 13.7. The third-order valence-corrected chi connectivity index (χ3v) is 4.70. The molecule has 0 radical (unpaired) electrons. The smallest absolute Gasteiger partial charge is 0.267 e. The molecule has 0 bridgehead atoms. The number of amides is 1. The molecule has 0 aliphatic rings. The number of nitrogens with one attached hydrogen (secondary N) is 2. The van der Waals surface area contributed by atoms with Crippen LogP contribution in [0.25, 0.3) is 10.9 Å². The van der Waals surface area contributed by atoms with E-state index in [1.807, 2.05) is 52.7 Å². The number of aromatic nitrogens is 3. The van der Waals surface area contributed by atoms with Crippen molar-refractivity contribution in [3.8, 4) is 0 Å². The van der Waals surface area contributed by atoms with Gasteiger partial charge < -0.3 is 10.3 Å². The molecule has 4 rings (SSSR count). The highest BCUT2D eigenvalue weighted by Gasteiger charge is 2.17. The highest BCUT2D eigenvalue weighted by atomic mass is 32.1. The van der Waals surface area contributed by atoms with Crippen molar-refractivity contribution in [1.29, 1.82) is 0 Å². The van der Waals surface area contributed by atoms with Crippen molar-refractivity contribution in [2.24, 2.45) is 0 Å². The monoisotopic (exact) mass is 336 g/mol. The highest BCUT2D eigenvalue weighted by molar-refractivity contribution is 7.07. The van der Waals surface area contributed by atoms with Crippen molar-refractivity contribution in [1.82, 2.24) is 20.1 Å². The van der Waals surface area contributed by atoms with E-state index in [0.717, 1.165) is 16.5 Å². The van der Waals surface area contributed by atoms with Crippen molar-refractivity contribution in [2.75, 3.05) is 6.54 Å². The van der Waals surface area contributed by atoms with E-state index in [0.29, 0.717) is 12.2 Å². The Hall–Kier alpha value is -2.86. The van der Waals surface area contributed by atoms with Gasteiger partial charge in [-0.2, -0.15) is 16.4 Å². The van der Waals surface area contributed by atoms with Crippen LogP contribution < -0.4 is 5.32 Å². The number of benzene rings is 1. The zero-order valence-corrected chi connectivity index (χ0v) is 13.7. The van der Waals surface area contributed by atoms with Crippen LogP contribution in [-0.2, 0) is 0 Å². The molecule has 1 unspecified atom stereocenters. The molecule has 3 aromatic heterocycles. The van der Waals surface area contributed by atoms with Crippen LogP contribution >= 0.6 is 11.3 Å². The summed E-state index contributed by atoms with van der Waals surface area (Å²) in [6.45, 7) is 0.479. The fraction of sp³-hybridized carbons (Fsp3) is 0.111. The number of nitrogens with zero attached hydrogens (tertiary/aromatic N) is 2. The molecular formula is C18H16N4OS. The van der Waals surface area contributed by atoms with Crippen LogP contribution in [0.1, 0.15) is 22.1 Å². The second-order valence-electron chi connectivity index (χ2n) is 5.54. The number of carbonyl (C=O) groups is 1. The maximum absolute atomic E-state index is 12.5. The summed E-state index contributed by atoms with van der Waals surface area (Å²) < 4.78 is 1.87. The van der Waals surface area contributed by atoms with Crippen LogP contribution in [0, 0.1) is 0 Å². The molecule has 0 saturated heterocycles. The van der Waals surface area contributed by atoms with Crippen LogP contribution in [0.2, 0.25) is 0 Å². The van der Waals surface area contributed by atoms with Gasteiger partial charge in [0, 0.05) is 29.8 Å². The summed E-state index contributed by atoms with van der Waals surface area (Å²) in [7, 11) is 0. The van der Waals surface area contributed by atoms with Gasteiger partial charge in [-0.05, 0) is 40.6 Å². The Morgan fingerprint density at radius 2 is 2.21 bits per heavy atom. The lowest BCUT2D eigenvalue weighted by Crippen LogP contribution is -2.31. The second kappa shape index (κ2) is 6.33. The molecule has 1 atom stereocenters. The molecule has 2 N–H and O–H groups in total. The molecule has 0 spiro atoms. The Labute approximate surface area is 142 Å². The van der Waals surface area contributed by atoms with E-state index in [4.69, 9.17) is 0 Å². The number of carbonyl (C=O) groups excluding carboxylic acids is 1. The summed E-state index contributed by atoms with van der Waals surface area (Å²) in [5, 5.41) is 12.5. The summed E-state index contributed by atoms with van der Waals surface area (Å²) in [4.78, 5) is 15.6. The van der Waals surface area contributed by atoms with E-state index in [1.54, 1.807) is 17.5 Å². The predicted octanol–water partition coefficient (Wildman–Crippen LogP) is 3.45. The quantitative estimate of drug-likeness (QED) is 0.586. The molecule has 1 aromatic carbocycles. The Morgan fingerprint density at radius 1 is 1.29 bits per heavy atom. The van der Waals surface area contributed by atoms with E-state index in [-0.39, 0.29) is 11.9 Å². The van der Waals surface area contributed by atoms with Crippen LogP contribution in [0.3, 0.4) is 0 Å². The maximum Gasteiger partial charge on any atom is 0.267 e. The third-order valence-electron chi connectivity index (χ3n) is 4.00. The van der Waals surface area contributed by atoms with Gasteiger partial charge in [0.25, 0.3) is 5.91 Å². The van der Waals surface area contributed by atoms with Gasteiger partial charge in [0.1, 0.15) is 5.69 Å². The molecule has 4 aromatic rings. The minimum atomic E-state index is -0.112. The molecular weight excluding hydrogens is 320 g/mol. The van der Waals surface area contributed by atoms with Gasteiger partial charge in [-0.3, -0.25) is 9.48 Å². The number of aromatic amines is 1. The Morgan fingerprint density at radius 3 is 2.96 bits per heavy atom. The first kappa shape index (κ1) is 14.7. The molecule has 3 heterocycles. The Balaban J connectivity index is 1.52. The van der Waals surface area contributed by atoms with Gasteiger partial charge in [-0.1, -0.05) is 18.2 Å². The number of hydrogen-bond acceptors (Lipinski definition) is 3. The van der Waals surface area contributed by atoms with Crippen molar-refractivity contribution < 1.29 is 4.79 Å². The fourth-order valence-corrected chi connectivity index (χ4v) is 3.48. The van der Waals surface area contributed by atoms with Crippen molar-refractivity contribution in [3.63, 3.8) is 0 Å². The molecule has 0 aliphatic heterocycles. The fourth-order valence-electron chi connectivity index (χ4n) is 2.77. The normalized spacial score (nSPS) is 12.3. The van der Waals surface area contributed by atoms with E-state index < -0.39 is 0 Å². The van der Waals surface area contributed by atoms with E-state index in [9.17, 15) is 4.79 Å². The van der Waals surface area contributed by atoms with Crippen LogP contribution in [0.4, 0.5) is 0 Å². The van der Waals surface area contributed by atoms with Gasteiger partial charge in [0.15, 0.2) is 0 Å². The van der Waals surface area contributed by atoms with Crippen molar-refractivity contribution in [2.45, 2.75) is 6.04 Å². The Bertz CT molecular complexity index is 873. The molecule has 0 fully saturated rings. The Kier molecular flexibility index (Phi) is 3.88. The molecule has 0 aliphatic carbocycles. The average Bonchev–Trinajstić information content (AvgIpc) is 3.35. The lowest BCUT2D eigenvalue weighted by atomic mass is 10.1. The highest BCUT2D eigenvalue weighted by Crippen LogP contribution is 2.20. The number of fused-ring (bicyclic) bond motifs is 1. The largest absolute Gasteiger partial charge is 0.351 e. The summed E-state index contributed by atoms with van der Waals surface area (Å²) in [5.74, 6) is -0.112. The van der Waals surface area contributed by atoms with Gasteiger partial charge in [0.2, 0.25) is 0 Å². The number of para-hydroxylation sites is 1.